The Morgan fingerprint density at radius 3 is 2.80 bits per heavy atom. The van der Waals surface area contributed by atoms with Crippen LogP contribution in [0.3, 0.4) is 0 Å². The SMILES string of the molecule is C1CC(CNC2CC2)C(C2CCOC3(CCOC3)C2)C1. The first kappa shape index (κ1) is 13.5. The minimum absolute atomic E-state index is 0.0972. The van der Waals surface area contributed by atoms with Gasteiger partial charge in [0.05, 0.1) is 12.2 Å². The molecule has 2 aliphatic heterocycles. The van der Waals surface area contributed by atoms with Crippen LogP contribution in [0.1, 0.15) is 51.4 Å². The minimum Gasteiger partial charge on any atom is -0.378 e. The molecule has 0 aromatic rings. The summed E-state index contributed by atoms with van der Waals surface area (Å²) in [5, 5.41) is 3.77. The van der Waals surface area contributed by atoms with Gasteiger partial charge in [0.1, 0.15) is 0 Å². The van der Waals surface area contributed by atoms with Crippen molar-refractivity contribution in [2.45, 2.75) is 63.0 Å². The van der Waals surface area contributed by atoms with Crippen molar-refractivity contribution in [3.63, 3.8) is 0 Å². The quantitative estimate of drug-likeness (QED) is 0.858. The third kappa shape index (κ3) is 2.77. The number of rotatable bonds is 4. The summed E-state index contributed by atoms with van der Waals surface area (Å²) in [7, 11) is 0. The zero-order chi connectivity index (χ0) is 13.4. The van der Waals surface area contributed by atoms with Gasteiger partial charge in [0.25, 0.3) is 0 Å². The fourth-order valence-electron chi connectivity index (χ4n) is 4.84. The van der Waals surface area contributed by atoms with Crippen LogP contribution in [0.15, 0.2) is 0 Å². The smallest absolute Gasteiger partial charge is 0.0939 e. The van der Waals surface area contributed by atoms with Gasteiger partial charge in [-0.3, -0.25) is 0 Å². The first-order valence-electron chi connectivity index (χ1n) is 8.80. The van der Waals surface area contributed by atoms with E-state index in [1.54, 1.807) is 0 Å². The first-order valence-corrected chi connectivity index (χ1v) is 8.80. The summed E-state index contributed by atoms with van der Waals surface area (Å²) in [5.74, 6) is 2.76. The van der Waals surface area contributed by atoms with Gasteiger partial charge >= 0.3 is 0 Å². The van der Waals surface area contributed by atoms with Gasteiger partial charge < -0.3 is 14.8 Å². The lowest BCUT2D eigenvalue weighted by Crippen LogP contribution is -2.43. The molecule has 2 saturated carbocycles. The van der Waals surface area contributed by atoms with Gasteiger partial charge in [-0.1, -0.05) is 6.42 Å². The third-order valence-electron chi connectivity index (χ3n) is 6.17. The van der Waals surface area contributed by atoms with E-state index in [0.717, 1.165) is 50.0 Å². The van der Waals surface area contributed by atoms with Crippen LogP contribution >= 0.6 is 0 Å². The van der Waals surface area contributed by atoms with Gasteiger partial charge in [-0.05, 0) is 62.8 Å². The molecule has 1 N–H and O–H groups in total. The topological polar surface area (TPSA) is 30.5 Å². The molecule has 0 bridgehead atoms. The Labute approximate surface area is 122 Å². The van der Waals surface area contributed by atoms with E-state index < -0.39 is 0 Å². The molecule has 4 fully saturated rings. The Morgan fingerprint density at radius 2 is 2.00 bits per heavy atom. The Morgan fingerprint density at radius 1 is 1.05 bits per heavy atom. The second-order valence-corrected chi connectivity index (χ2v) is 7.62. The predicted molar refractivity (Wildman–Crippen MR) is 78.7 cm³/mol. The van der Waals surface area contributed by atoms with Crippen LogP contribution in [0.4, 0.5) is 0 Å². The maximum absolute atomic E-state index is 6.12. The molecule has 3 nitrogen and oxygen atoms in total. The molecule has 4 aliphatic rings. The highest BCUT2D eigenvalue weighted by atomic mass is 16.6. The molecular weight excluding hydrogens is 250 g/mol. The van der Waals surface area contributed by atoms with Crippen LogP contribution in [-0.4, -0.2) is 38.0 Å². The van der Waals surface area contributed by atoms with E-state index in [0.29, 0.717) is 0 Å². The van der Waals surface area contributed by atoms with Crippen LogP contribution in [0.2, 0.25) is 0 Å². The number of ether oxygens (including phenoxy) is 2. The number of nitrogens with one attached hydrogen (secondary N) is 1. The summed E-state index contributed by atoms with van der Waals surface area (Å²) in [5.41, 5.74) is 0.0972. The normalized spacial score (nSPS) is 45.3. The molecule has 0 aromatic heterocycles. The minimum atomic E-state index is 0.0972. The third-order valence-corrected chi connectivity index (χ3v) is 6.17. The number of hydrogen-bond donors (Lipinski definition) is 1. The molecule has 1 spiro atoms. The van der Waals surface area contributed by atoms with E-state index in [1.165, 1.54) is 51.5 Å². The van der Waals surface area contributed by atoms with Crippen molar-refractivity contribution in [2.75, 3.05) is 26.4 Å². The van der Waals surface area contributed by atoms with E-state index in [9.17, 15) is 0 Å². The number of hydrogen-bond acceptors (Lipinski definition) is 3. The highest BCUT2D eigenvalue weighted by molar-refractivity contribution is 4.95. The second kappa shape index (κ2) is 5.58. The molecular formula is C17H29NO2. The molecule has 2 aliphatic carbocycles. The molecule has 0 amide bonds. The van der Waals surface area contributed by atoms with Crippen molar-refractivity contribution in [3.8, 4) is 0 Å². The fraction of sp³-hybridized carbons (Fsp3) is 1.00. The standard InChI is InChI=1S/C17H29NO2/c1-2-14(11-18-15-4-5-15)16(3-1)13-6-8-20-17(10-13)7-9-19-12-17/h13-16,18H,1-12H2. The largest absolute Gasteiger partial charge is 0.378 e. The van der Waals surface area contributed by atoms with Crippen LogP contribution in [0, 0.1) is 17.8 Å². The van der Waals surface area contributed by atoms with E-state index in [2.05, 4.69) is 5.32 Å². The molecule has 4 atom stereocenters. The fourth-order valence-corrected chi connectivity index (χ4v) is 4.84. The maximum Gasteiger partial charge on any atom is 0.0939 e. The summed E-state index contributed by atoms with van der Waals surface area (Å²) >= 11 is 0. The molecule has 114 valence electrons. The molecule has 4 rings (SSSR count). The maximum atomic E-state index is 6.12. The summed E-state index contributed by atoms with van der Waals surface area (Å²) in [6.07, 6.45) is 10.8. The summed E-state index contributed by atoms with van der Waals surface area (Å²) in [6, 6.07) is 0.862. The van der Waals surface area contributed by atoms with E-state index in [-0.39, 0.29) is 5.60 Å². The van der Waals surface area contributed by atoms with Gasteiger partial charge in [0.15, 0.2) is 0 Å². The van der Waals surface area contributed by atoms with E-state index in [4.69, 9.17) is 9.47 Å². The summed E-state index contributed by atoms with van der Waals surface area (Å²) in [4.78, 5) is 0. The van der Waals surface area contributed by atoms with Crippen LogP contribution in [0.5, 0.6) is 0 Å². The lowest BCUT2D eigenvalue weighted by Gasteiger charge is -2.41. The average molecular weight is 279 g/mol. The molecule has 0 radical (unpaired) electrons. The van der Waals surface area contributed by atoms with Gasteiger partial charge in [0.2, 0.25) is 0 Å². The molecule has 2 saturated heterocycles. The molecule has 0 aromatic carbocycles. The second-order valence-electron chi connectivity index (χ2n) is 7.62. The van der Waals surface area contributed by atoms with Crippen LogP contribution in [0.25, 0.3) is 0 Å². The van der Waals surface area contributed by atoms with Gasteiger partial charge in [-0.25, -0.2) is 0 Å². The van der Waals surface area contributed by atoms with Gasteiger partial charge in [-0.2, -0.15) is 0 Å². The van der Waals surface area contributed by atoms with Gasteiger partial charge in [-0.15, -0.1) is 0 Å². The molecule has 20 heavy (non-hydrogen) atoms. The Hall–Kier alpha value is -0.120. The van der Waals surface area contributed by atoms with Crippen molar-refractivity contribution in [3.05, 3.63) is 0 Å². The lowest BCUT2D eigenvalue weighted by molar-refractivity contribution is -0.109. The summed E-state index contributed by atoms with van der Waals surface area (Å²) in [6.45, 7) is 3.99. The zero-order valence-electron chi connectivity index (χ0n) is 12.6. The van der Waals surface area contributed by atoms with Crippen molar-refractivity contribution >= 4 is 0 Å². The first-order chi connectivity index (χ1) is 9.85. The predicted octanol–water partition coefficient (Wildman–Crippen LogP) is 2.74. The van der Waals surface area contributed by atoms with Crippen molar-refractivity contribution < 1.29 is 9.47 Å². The van der Waals surface area contributed by atoms with E-state index in [1.807, 2.05) is 0 Å². The van der Waals surface area contributed by atoms with E-state index >= 15 is 0 Å². The van der Waals surface area contributed by atoms with Gasteiger partial charge in [0, 0.05) is 25.7 Å². The lowest BCUT2D eigenvalue weighted by atomic mass is 9.74. The zero-order valence-corrected chi connectivity index (χ0v) is 12.6. The average Bonchev–Trinajstić information content (AvgIpc) is 3.00. The Kier molecular flexibility index (Phi) is 3.78. The monoisotopic (exact) mass is 279 g/mol. The summed E-state index contributed by atoms with van der Waals surface area (Å²) < 4.78 is 11.7. The Balaban J connectivity index is 1.37. The van der Waals surface area contributed by atoms with Crippen molar-refractivity contribution in [2.24, 2.45) is 17.8 Å². The highest BCUT2D eigenvalue weighted by Gasteiger charge is 2.45. The molecule has 4 unspecified atom stereocenters. The molecule has 2 heterocycles. The van der Waals surface area contributed by atoms with Crippen molar-refractivity contribution in [1.82, 2.24) is 5.32 Å². The molecule has 3 heteroatoms. The highest BCUT2D eigenvalue weighted by Crippen LogP contribution is 2.46. The van der Waals surface area contributed by atoms with Crippen LogP contribution < -0.4 is 5.32 Å². The van der Waals surface area contributed by atoms with Crippen molar-refractivity contribution in [1.29, 1.82) is 0 Å². The van der Waals surface area contributed by atoms with Crippen LogP contribution in [-0.2, 0) is 9.47 Å². The Bertz CT molecular complexity index is 336.